The molecule has 4 heteroatoms. The van der Waals surface area contributed by atoms with Gasteiger partial charge in [-0.15, -0.1) is 0 Å². The van der Waals surface area contributed by atoms with Gasteiger partial charge in [-0.25, -0.2) is 0 Å². The SMILES string of the molecule is CNC(CS(=O)CC1CCCC1)C(C)(C)OC. The van der Waals surface area contributed by atoms with Crippen LogP contribution >= 0.6 is 0 Å². The minimum Gasteiger partial charge on any atom is -0.377 e. The zero-order chi connectivity index (χ0) is 12.9. The van der Waals surface area contributed by atoms with Gasteiger partial charge in [0.15, 0.2) is 0 Å². The highest BCUT2D eigenvalue weighted by Gasteiger charge is 2.30. The summed E-state index contributed by atoms with van der Waals surface area (Å²) >= 11 is 0. The van der Waals surface area contributed by atoms with Gasteiger partial charge in [0.2, 0.25) is 0 Å². The molecule has 1 aliphatic carbocycles. The summed E-state index contributed by atoms with van der Waals surface area (Å²) in [5.41, 5.74) is -0.264. The first-order chi connectivity index (χ1) is 7.99. The first kappa shape index (κ1) is 15.1. The van der Waals surface area contributed by atoms with Crippen LogP contribution in [0.1, 0.15) is 39.5 Å². The van der Waals surface area contributed by atoms with Crippen LogP contribution in [0.5, 0.6) is 0 Å². The average molecular weight is 261 g/mol. The normalized spacial score (nSPS) is 21.6. The van der Waals surface area contributed by atoms with Crippen LogP contribution in [-0.2, 0) is 15.5 Å². The molecular formula is C13H27NO2S. The Morgan fingerprint density at radius 2 is 2.00 bits per heavy atom. The monoisotopic (exact) mass is 261 g/mol. The Hall–Kier alpha value is 0.0700. The minimum absolute atomic E-state index is 0.148. The second-order valence-corrected chi connectivity index (χ2v) is 7.12. The molecule has 0 spiro atoms. The predicted octanol–water partition coefficient (Wildman–Crippen LogP) is 1.94. The molecule has 1 fully saturated rings. The third-order valence-electron chi connectivity index (χ3n) is 3.96. The number of rotatable bonds is 7. The van der Waals surface area contributed by atoms with Gasteiger partial charge in [0.25, 0.3) is 0 Å². The van der Waals surface area contributed by atoms with Crippen LogP contribution < -0.4 is 5.32 Å². The molecule has 0 aromatic heterocycles. The maximum Gasteiger partial charge on any atom is 0.0783 e. The molecule has 2 atom stereocenters. The van der Waals surface area contributed by atoms with Crippen molar-refractivity contribution in [2.24, 2.45) is 5.92 Å². The van der Waals surface area contributed by atoms with Gasteiger partial charge in [0, 0.05) is 35.5 Å². The lowest BCUT2D eigenvalue weighted by Crippen LogP contribution is -2.50. The smallest absolute Gasteiger partial charge is 0.0783 e. The summed E-state index contributed by atoms with van der Waals surface area (Å²) in [5.74, 6) is 2.25. The number of ether oxygens (including phenoxy) is 1. The summed E-state index contributed by atoms with van der Waals surface area (Å²) in [6.07, 6.45) is 5.18. The van der Waals surface area contributed by atoms with E-state index in [4.69, 9.17) is 4.74 Å². The lowest BCUT2D eigenvalue weighted by Gasteiger charge is -2.32. The Bertz CT molecular complexity index is 250. The van der Waals surface area contributed by atoms with E-state index in [2.05, 4.69) is 5.32 Å². The van der Waals surface area contributed by atoms with E-state index in [0.717, 1.165) is 5.75 Å². The Morgan fingerprint density at radius 3 is 2.47 bits per heavy atom. The van der Waals surface area contributed by atoms with Crippen LogP contribution in [-0.4, -0.2) is 41.5 Å². The standard InChI is InChI=1S/C13H27NO2S/c1-13(2,16-4)12(14-3)10-17(15)9-11-7-5-6-8-11/h11-12,14H,5-10H2,1-4H3. The zero-order valence-corrected chi connectivity index (χ0v) is 12.4. The van der Waals surface area contributed by atoms with Crippen LogP contribution in [0.25, 0.3) is 0 Å². The van der Waals surface area contributed by atoms with E-state index in [9.17, 15) is 4.21 Å². The highest BCUT2D eigenvalue weighted by atomic mass is 32.2. The van der Waals surface area contributed by atoms with Crippen molar-refractivity contribution in [3.63, 3.8) is 0 Å². The number of nitrogens with one attached hydrogen (secondary N) is 1. The van der Waals surface area contributed by atoms with Crippen molar-refractivity contribution < 1.29 is 8.95 Å². The first-order valence-corrected chi connectivity index (χ1v) is 8.05. The summed E-state index contributed by atoms with van der Waals surface area (Å²) in [5, 5.41) is 3.23. The molecule has 1 N–H and O–H groups in total. The van der Waals surface area contributed by atoms with E-state index < -0.39 is 10.8 Å². The second kappa shape index (κ2) is 6.86. The summed E-state index contributed by atoms with van der Waals surface area (Å²) < 4.78 is 17.6. The lowest BCUT2D eigenvalue weighted by atomic mass is 10.0. The minimum atomic E-state index is -0.730. The molecule has 0 aliphatic heterocycles. The van der Waals surface area contributed by atoms with Gasteiger partial charge in [0.1, 0.15) is 0 Å². The number of hydrogen-bond acceptors (Lipinski definition) is 3. The molecule has 1 rings (SSSR count). The fourth-order valence-electron chi connectivity index (χ4n) is 2.47. The van der Waals surface area contributed by atoms with Crippen LogP contribution in [0, 0.1) is 5.92 Å². The Morgan fingerprint density at radius 1 is 1.41 bits per heavy atom. The van der Waals surface area contributed by atoms with Gasteiger partial charge in [0.05, 0.1) is 5.60 Å². The molecule has 0 bridgehead atoms. The van der Waals surface area contributed by atoms with Gasteiger partial charge in [-0.2, -0.15) is 0 Å². The molecule has 0 amide bonds. The highest BCUT2D eigenvalue weighted by molar-refractivity contribution is 7.85. The fourth-order valence-corrected chi connectivity index (χ4v) is 4.40. The Balaban J connectivity index is 2.41. The third kappa shape index (κ3) is 4.68. The molecule has 0 radical (unpaired) electrons. The summed E-state index contributed by atoms with van der Waals surface area (Å²) in [6, 6.07) is 0.148. The van der Waals surface area contributed by atoms with Crippen molar-refractivity contribution in [3.8, 4) is 0 Å². The molecule has 102 valence electrons. The molecule has 1 aliphatic rings. The first-order valence-electron chi connectivity index (χ1n) is 6.57. The van der Waals surface area contributed by atoms with Crippen molar-refractivity contribution in [2.75, 3.05) is 25.7 Å². The van der Waals surface area contributed by atoms with Gasteiger partial charge < -0.3 is 10.1 Å². The van der Waals surface area contributed by atoms with Gasteiger partial charge in [-0.05, 0) is 39.7 Å². The molecule has 0 aromatic carbocycles. The molecule has 2 unspecified atom stereocenters. The molecular weight excluding hydrogens is 234 g/mol. The molecule has 1 saturated carbocycles. The van der Waals surface area contributed by atoms with Gasteiger partial charge in [-0.1, -0.05) is 12.8 Å². The van der Waals surface area contributed by atoms with Crippen molar-refractivity contribution >= 4 is 10.8 Å². The van der Waals surface area contributed by atoms with Crippen LogP contribution in [0.3, 0.4) is 0 Å². The van der Waals surface area contributed by atoms with E-state index in [0.29, 0.717) is 11.7 Å². The molecule has 3 nitrogen and oxygen atoms in total. The molecule has 17 heavy (non-hydrogen) atoms. The van der Waals surface area contributed by atoms with Crippen LogP contribution in [0.2, 0.25) is 0 Å². The predicted molar refractivity (Wildman–Crippen MR) is 73.8 cm³/mol. The van der Waals surface area contributed by atoms with Crippen molar-refractivity contribution in [3.05, 3.63) is 0 Å². The quantitative estimate of drug-likeness (QED) is 0.761. The van der Waals surface area contributed by atoms with Crippen molar-refractivity contribution in [1.29, 1.82) is 0 Å². The number of hydrogen-bond donors (Lipinski definition) is 1. The maximum absolute atomic E-state index is 12.1. The number of likely N-dealkylation sites (N-methyl/N-ethyl adjacent to an activating group) is 1. The topological polar surface area (TPSA) is 38.3 Å². The molecule has 0 heterocycles. The van der Waals surface area contributed by atoms with Gasteiger partial charge >= 0.3 is 0 Å². The largest absolute Gasteiger partial charge is 0.377 e. The third-order valence-corrected chi connectivity index (χ3v) is 5.51. The number of methoxy groups -OCH3 is 1. The van der Waals surface area contributed by atoms with E-state index in [1.165, 1.54) is 25.7 Å². The summed E-state index contributed by atoms with van der Waals surface area (Å²) in [6.45, 7) is 4.09. The summed E-state index contributed by atoms with van der Waals surface area (Å²) in [7, 11) is 2.90. The van der Waals surface area contributed by atoms with Crippen LogP contribution in [0.15, 0.2) is 0 Å². The zero-order valence-electron chi connectivity index (χ0n) is 11.6. The second-order valence-electron chi connectivity index (χ2n) is 5.57. The van der Waals surface area contributed by atoms with Gasteiger partial charge in [-0.3, -0.25) is 4.21 Å². The Kier molecular flexibility index (Phi) is 6.10. The van der Waals surface area contributed by atoms with Crippen molar-refractivity contribution in [2.45, 2.75) is 51.2 Å². The van der Waals surface area contributed by atoms with Crippen molar-refractivity contribution in [1.82, 2.24) is 5.32 Å². The van der Waals surface area contributed by atoms with E-state index >= 15 is 0 Å². The van der Waals surface area contributed by atoms with E-state index in [1.807, 2.05) is 20.9 Å². The molecule has 0 aromatic rings. The fraction of sp³-hybridized carbons (Fsp3) is 1.00. The van der Waals surface area contributed by atoms with E-state index in [1.54, 1.807) is 7.11 Å². The Labute approximate surface area is 108 Å². The molecule has 0 saturated heterocycles. The lowest BCUT2D eigenvalue weighted by molar-refractivity contribution is -0.00180. The average Bonchev–Trinajstić information content (AvgIpc) is 2.78. The maximum atomic E-state index is 12.1. The highest BCUT2D eigenvalue weighted by Crippen LogP contribution is 2.26. The van der Waals surface area contributed by atoms with E-state index in [-0.39, 0.29) is 11.6 Å². The summed E-state index contributed by atoms with van der Waals surface area (Å²) in [4.78, 5) is 0. The van der Waals surface area contributed by atoms with Crippen LogP contribution in [0.4, 0.5) is 0 Å².